The summed E-state index contributed by atoms with van der Waals surface area (Å²) < 4.78 is 46.7. The Labute approximate surface area is 250 Å². The second kappa shape index (κ2) is 11.0. The monoisotopic (exact) mass is 626 g/mol. The Morgan fingerprint density at radius 2 is 1.81 bits per heavy atom. The maximum Gasteiger partial charge on any atom is 0.416 e. The van der Waals surface area contributed by atoms with Crippen molar-refractivity contribution in [2.45, 2.75) is 28.9 Å². The summed E-state index contributed by atoms with van der Waals surface area (Å²) in [6, 6.07) is 14.0. The van der Waals surface area contributed by atoms with Gasteiger partial charge in [0, 0.05) is 28.9 Å². The van der Waals surface area contributed by atoms with Crippen molar-refractivity contribution in [3.05, 3.63) is 98.7 Å². The van der Waals surface area contributed by atoms with Crippen LogP contribution >= 0.6 is 23.1 Å². The van der Waals surface area contributed by atoms with E-state index >= 15 is 0 Å². The molecule has 0 bridgehead atoms. The van der Waals surface area contributed by atoms with Crippen molar-refractivity contribution < 1.29 is 32.3 Å². The van der Waals surface area contributed by atoms with Gasteiger partial charge in [-0.3, -0.25) is 28.7 Å². The summed E-state index contributed by atoms with van der Waals surface area (Å²) in [7, 11) is 1.52. The maximum absolute atomic E-state index is 13.9. The van der Waals surface area contributed by atoms with Gasteiger partial charge < -0.3 is 10.1 Å². The number of carbonyl (C=O) groups excluding carboxylic acids is 3. The Hall–Kier alpha value is -4.43. The van der Waals surface area contributed by atoms with E-state index in [4.69, 9.17) is 4.74 Å². The molecular formula is C29H21F3N4O5S2. The van der Waals surface area contributed by atoms with Gasteiger partial charge in [0.2, 0.25) is 17.7 Å². The van der Waals surface area contributed by atoms with E-state index in [1.165, 1.54) is 30.1 Å². The van der Waals surface area contributed by atoms with Gasteiger partial charge in [-0.1, -0.05) is 35.2 Å². The van der Waals surface area contributed by atoms with Gasteiger partial charge >= 0.3 is 11.0 Å². The number of nitrogens with one attached hydrogen (secondary N) is 1. The fourth-order valence-corrected chi connectivity index (χ4v) is 8.04. The maximum atomic E-state index is 13.9. The van der Waals surface area contributed by atoms with E-state index in [2.05, 4.69) is 10.3 Å². The average Bonchev–Trinajstić information content (AvgIpc) is 3.43. The highest BCUT2D eigenvalue weighted by atomic mass is 32.2. The second-order valence-corrected chi connectivity index (χ2v) is 11.9. The fraction of sp³-hybridized carbons (Fsp3) is 0.207. The van der Waals surface area contributed by atoms with Crippen LogP contribution in [0.25, 0.3) is 0 Å². The first-order valence-electron chi connectivity index (χ1n) is 12.9. The first kappa shape index (κ1) is 28.7. The SMILES string of the molecule is COc1ccc(NC(=O)Cn2c3c(sc2=O)C(c2cccnc2)C2C(=O)N(c4cccc(C(F)(F)F)c4)C(=O)C2S3)cc1. The number of thiazole rings is 1. The molecule has 9 nitrogen and oxygen atoms in total. The number of hydrogen-bond acceptors (Lipinski definition) is 8. The molecular weight excluding hydrogens is 605 g/mol. The number of amides is 3. The number of carbonyl (C=O) groups is 3. The summed E-state index contributed by atoms with van der Waals surface area (Å²) in [6.45, 7) is -0.361. The number of anilines is 2. The third kappa shape index (κ3) is 5.20. The molecule has 1 fully saturated rings. The van der Waals surface area contributed by atoms with Gasteiger partial charge in [-0.2, -0.15) is 13.2 Å². The first-order valence-corrected chi connectivity index (χ1v) is 14.6. The van der Waals surface area contributed by atoms with Crippen LogP contribution in [-0.2, 0) is 27.1 Å². The lowest BCUT2D eigenvalue weighted by atomic mass is 9.84. The summed E-state index contributed by atoms with van der Waals surface area (Å²) >= 11 is 1.83. The summed E-state index contributed by atoms with van der Waals surface area (Å²) in [4.78, 5) is 58.8. The fourth-order valence-electron chi connectivity index (χ4n) is 5.27. The molecule has 4 aromatic rings. The van der Waals surface area contributed by atoms with Gasteiger partial charge in [-0.15, -0.1) is 0 Å². The highest BCUT2D eigenvalue weighted by molar-refractivity contribution is 8.00. The number of pyridine rings is 1. The Morgan fingerprint density at radius 1 is 1.05 bits per heavy atom. The minimum Gasteiger partial charge on any atom is -0.497 e. The zero-order valence-electron chi connectivity index (χ0n) is 22.2. The Morgan fingerprint density at radius 3 is 2.49 bits per heavy atom. The van der Waals surface area contributed by atoms with Gasteiger partial charge in [0.1, 0.15) is 17.5 Å². The first-order chi connectivity index (χ1) is 20.6. The number of thioether (sulfide) groups is 1. The third-order valence-corrected chi connectivity index (χ3v) is 9.80. The van der Waals surface area contributed by atoms with Crippen molar-refractivity contribution >= 4 is 52.2 Å². The van der Waals surface area contributed by atoms with E-state index in [1.54, 1.807) is 36.4 Å². The molecule has 43 heavy (non-hydrogen) atoms. The van der Waals surface area contributed by atoms with E-state index in [1.807, 2.05) is 0 Å². The molecule has 2 aromatic carbocycles. The predicted molar refractivity (Wildman–Crippen MR) is 153 cm³/mol. The van der Waals surface area contributed by atoms with Crippen LogP contribution in [0.5, 0.6) is 5.75 Å². The van der Waals surface area contributed by atoms with Crippen LogP contribution < -0.4 is 19.8 Å². The number of ether oxygens (including phenoxy) is 1. The Balaban J connectivity index is 1.38. The number of hydrogen-bond donors (Lipinski definition) is 1. The molecule has 2 aromatic heterocycles. The standard InChI is InChI=1S/C29H21F3N4O5S2/c1-41-19-9-7-17(8-10-19)34-20(37)14-35-27-24(43-28(35)40)21(15-4-3-11-33-13-15)22-23(42-27)26(39)36(25(22)38)18-6-2-5-16(12-18)29(30,31)32/h2-13,21-23H,14H2,1H3,(H,34,37). The van der Waals surface area contributed by atoms with Crippen molar-refractivity contribution in [1.82, 2.24) is 9.55 Å². The average molecular weight is 627 g/mol. The quantitative estimate of drug-likeness (QED) is 0.307. The van der Waals surface area contributed by atoms with Crippen LogP contribution in [0.15, 0.2) is 82.9 Å². The van der Waals surface area contributed by atoms with Crippen LogP contribution in [0.2, 0.25) is 0 Å². The van der Waals surface area contributed by atoms with Gasteiger partial charge in [0.05, 0.1) is 29.3 Å². The Bertz CT molecular complexity index is 1790. The normalized spacial score (nSPS) is 19.6. The van der Waals surface area contributed by atoms with Gasteiger partial charge in [-0.25, -0.2) is 4.90 Å². The van der Waals surface area contributed by atoms with E-state index in [0.29, 0.717) is 26.9 Å². The van der Waals surface area contributed by atoms with Crippen molar-refractivity contribution in [3.63, 3.8) is 0 Å². The zero-order chi connectivity index (χ0) is 30.5. The Kier molecular flexibility index (Phi) is 7.34. The number of nitrogens with zero attached hydrogens (tertiary/aromatic N) is 3. The van der Waals surface area contributed by atoms with E-state index in [9.17, 15) is 32.3 Å². The van der Waals surface area contributed by atoms with Gasteiger partial charge in [0.25, 0.3) is 0 Å². The third-order valence-electron chi connectivity index (χ3n) is 7.20. The number of alkyl halides is 3. The summed E-state index contributed by atoms with van der Waals surface area (Å²) in [5.74, 6) is -3.07. The smallest absolute Gasteiger partial charge is 0.416 e. The lowest BCUT2D eigenvalue weighted by molar-refractivity contribution is -0.137. The van der Waals surface area contributed by atoms with Gasteiger partial charge in [-0.05, 0) is 54.1 Å². The molecule has 220 valence electrons. The molecule has 3 atom stereocenters. The molecule has 2 aliphatic heterocycles. The van der Waals surface area contributed by atoms with Crippen LogP contribution in [0.4, 0.5) is 24.5 Å². The second-order valence-electron chi connectivity index (χ2n) is 9.79. The minimum atomic E-state index is -4.67. The minimum absolute atomic E-state index is 0.190. The molecule has 3 unspecified atom stereocenters. The van der Waals surface area contributed by atoms with Crippen molar-refractivity contribution in [3.8, 4) is 5.75 Å². The zero-order valence-corrected chi connectivity index (χ0v) is 23.8. The molecule has 3 amide bonds. The predicted octanol–water partition coefficient (Wildman–Crippen LogP) is 4.77. The van der Waals surface area contributed by atoms with Crippen molar-refractivity contribution in [2.75, 3.05) is 17.3 Å². The van der Waals surface area contributed by atoms with Crippen LogP contribution in [0.1, 0.15) is 21.9 Å². The lowest BCUT2D eigenvalue weighted by Crippen LogP contribution is -2.33. The molecule has 1 N–H and O–H groups in total. The number of rotatable bonds is 6. The molecule has 0 radical (unpaired) electrons. The van der Waals surface area contributed by atoms with Crippen molar-refractivity contribution in [1.29, 1.82) is 0 Å². The van der Waals surface area contributed by atoms with Crippen molar-refractivity contribution in [2.24, 2.45) is 5.92 Å². The van der Waals surface area contributed by atoms with Crippen LogP contribution in [0, 0.1) is 5.92 Å². The molecule has 2 aliphatic rings. The van der Waals surface area contributed by atoms with E-state index < -0.39 is 51.4 Å². The van der Waals surface area contributed by atoms with Gasteiger partial charge in [0.15, 0.2) is 0 Å². The topological polar surface area (TPSA) is 111 Å². The van der Waals surface area contributed by atoms with Crippen LogP contribution in [0.3, 0.4) is 0 Å². The number of halogens is 3. The molecule has 14 heteroatoms. The number of methoxy groups -OCH3 is 1. The number of fused-ring (bicyclic) bond motifs is 2. The molecule has 0 aliphatic carbocycles. The highest BCUT2D eigenvalue weighted by Gasteiger charge is 2.57. The molecule has 0 saturated carbocycles. The number of imide groups is 1. The largest absolute Gasteiger partial charge is 0.497 e. The summed E-state index contributed by atoms with van der Waals surface area (Å²) in [6.07, 6.45) is -1.61. The number of benzene rings is 2. The summed E-state index contributed by atoms with van der Waals surface area (Å²) in [5.41, 5.74) is -0.142. The number of aromatic nitrogens is 2. The molecule has 0 spiro atoms. The lowest BCUT2D eigenvalue weighted by Gasteiger charge is -2.30. The molecule has 6 rings (SSSR count). The molecule has 4 heterocycles. The van der Waals surface area contributed by atoms with E-state index in [0.717, 1.165) is 46.2 Å². The molecule has 1 saturated heterocycles. The highest BCUT2D eigenvalue weighted by Crippen LogP contribution is 2.54. The summed E-state index contributed by atoms with van der Waals surface area (Å²) in [5, 5.41) is 2.02. The van der Waals surface area contributed by atoms with Crippen LogP contribution in [-0.4, -0.2) is 39.6 Å². The van der Waals surface area contributed by atoms with E-state index in [-0.39, 0.29) is 12.2 Å².